The zero-order chi connectivity index (χ0) is 19.8. The summed E-state index contributed by atoms with van der Waals surface area (Å²) >= 11 is 5.31. The molecule has 0 fully saturated rings. The van der Waals surface area contributed by atoms with E-state index in [0.29, 0.717) is 11.7 Å². The van der Waals surface area contributed by atoms with Crippen molar-refractivity contribution in [3.05, 3.63) is 84.4 Å². The molecule has 3 rings (SSSR count). The van der Waals surface area contributed by atoms with Gasteiger partial charge in [-0.15, -0.1) is 0 Å². The van der Waals surface area contributed by atoms with Crippen LogP contribution in [0.25, 0.3) is 11.1 Å². The van der Waals surface area contributed by atoms with E-state index < -0.39 is 0 Å². The lowest BCUT2D eigenvalue weighted by atomic mass is 10.0. The van der Waals surface area contributed by atoms with Gasteiger partial charge in [0.25, 0.3) is 0 Å². The zero-order valence-corrected chi connectivity index (χ0v) is 16.8. The summed E-state index contributed by atoms with van der Waals surface area (Å²) in [5.41, 5.74) is 8.04. The highest BCUT2D eigenvalue weighted by molar-refractivity contribution is 7.80. The van der Waals surface area contributed by atoms with Crippen LogP contribution >= 0.6 is 12.2 Å². The van der Waals surface area contributed by atoms with Crippen molar-refractivity contribution in [2.75, 3.05) is 11.9 Å². The van der Waals surface area contributed by atoms with Crippen LogP contribution in [0.2, 0.25) is 0 Å². The topological polar surface area (TPSA) is 45.6 Å². The Hall–Kier alpha value is -3.18. The van der Waals surface area contributed by atoms with Gasteiger partial charge < -0.3 is 10.1 Å². The average Bonchev–Trinajstić information content (AvgIpc) is 2.74. The number of nitrogens with one attached hydrogen (secondary N) is 2. The summed E-state index contributed by atoms with van der Waals surface area (Å²) in [6.45, 7) is 4.55. The Morgan fingerprint density at radius 2 is 1.54 bits per heavy atom. The molecule has 5 heteroatoms. The average molecular weight is 390 g/mol. The second-order valence-electron chi connectivity index (χ2n) is 6.16. The van der Waals surface area contributed by atoms with Crippen molar-refractivity contribution in [1.29, 1.82) is 0 Å². The third-order valence-corrected chi connectivity index (χ3v) is 4.35. The number of rotatable bonds is 6. The molecule has 2 N–H and O–H groups in total. The first-order valence-electron chi connectivity index (χ1n) is 9.15. The minimum Gasteiger partial charge on any atom is -0.494 e. The number of nitrogens with zero attached hydrogens (tertiary/aromatic N) is 1. The number of benzene rings is 3. The number of hydrazone groups is 1. The lowest BCUT2D eigenvalue weighted by Crippen LogP contribution is -2.24. The molecule has 0 heterocycles. The van der Waals surface area contributed by atoms with E-state index in [2.05, 4.69) is 52.2 Å². The highest BCUT2D eigenvalue weighted by Gasteiger charge is 2.02. The third kappa shape index (κ3) is 5.41. The van der Waals surface area contributed by atoms with Crippen molar-refractivity contribution in [2.45, 2.75) is 13.8 Å². The predicted octanol–water partition coefficient (Wildman–Crippen LogP) is 5.46. The van der Waals surface area contributed by atoms with E-state index in [1.165, 1.54) is 11.1 Å². The number of anilines is 1. The Balaban J connectivity index is 1.58. The maximum Gasteiger partial charge on any atom is 0.191 e. The molecule has 0 aliphatic carbocycles. The highest BCUT2D eigenvalue weighted by atomic mass is 32.1. The van der Waals surface area contributed by atoms with E-state index in [-0.39, 0.29) is 0 Å². The van der Waals surface area contributed by atoms with Gasteiger partial charge in [-0.2, -0.15) is 5.10 Å². The standard InChI is InChI=1S/C23H23N3OS/c1-3-27-22-15-13-21(14-16-22)24-23(28)26-25-17(2)18-9-11-20(12-10-18)19-7-5-4-6-8-19/h4-16H,3H2,1-2H3,(H2,24,26,28)/b25-17+. The quantitative estimate of drug-likeness (QED) is 0.334. The fraction of sp³-hybridized carbons (Fsp3) is 0.130. The van der Waals surface area contributed by atoms with Gasteiger partial charge in [0.05, 0.1) is 12.3 Å². The van der Waals surface area contributed by atoms with Crippen molar-refractivity contribution in [1.82, 2.24) is 5.43 Å². The third-order valence-electron chi connectivity index (χ3n) is 4.16. The van der Waals surface area contributed by atoms with Crippen molar-refractivity contribution in [3.63, 3.8) is 0 Å². The molecule has 0 atom stereocenters. The number of hydrogen-bond donors (Lipinski definition) is 2. The Bertz CT molecular complexity index is 936. The minimum atomic E-state index is 0.435. The Morgan fingerprint density at radius 3 is 2.18 bits per heavy atom. The molecule has 0 unspecified atom stereocenters. The first kappa shape index (κ1) is 19.6. The van der Waals surface area contributed by atoms with Gasteiger partial charge in [0.2, 0.25) is 0 Å². The minimum absolute atomic E-state index is 0.435. The van der Waals surface area contributed by atoms with E-state index in [0.717, 1.165) is 22.7 Å². The summed E-state index contributed by atoms with van der Waals surface area (Å²) in [5, 5.41) is 7.92. The zero-order valence-electron chi connectivity index (χ0n) is 16.0. The van der Waals surface area contributed by atoms with Crippen LogP contribution in [0, 0.1) is 0 Å². The van der Waals surface area contributed by atoms with E-state index in [1.54, 1.807) is 0 Å². The van der Waals surface area contributed by atoms with Crippen molar-refractivity contribution < 1.29 is 4.74 Å². The summed E-state index contributed by atoms with van der Waals surface area (Å²) in [6.07, 6.45) is 0. The van der Waals surface area contributed by atoms with Gasteiger partial charge in [0, 0.05) is 5.69 Å². The maximum absolute atomic E-state index is 5.43. The molecule has 0 aliphatic rings. The molecule has 0 spiro atoms. The van der Waals surface area contributed by atoms with Crippen LogP contribution in [-0.2, 0) is 0 Å². The normalized spacial score (nSPS) is 11.0. The Morgan fingerprint density at radius 1 is 0.893 bits per heavy atom. The largest absolute Gasteiger partial charge is 0.494 e. The first-order chi connectivity index (χ1) is 13.7. The molecule has 28 heavy (non-hydrogen) atoms. The second-order valence-corrected chi connectivity index (χ2v) is 6.57. The molecule has 0 amide bonds. The van der Waals surface area contributed by atoms with Crippen molar-refractivity contribution in [3.8, 4) is 16.9 Å². The molecular weight excluding hydrogens is 366 g/mol. The van der Waals surface area contributed by atoms with E-state index in [1.807, 2.05) is 56.3 Å². The van der Waals surface area contributed by atoms with E-state index in [4.69, 9.17) is 17.0 Å². The van der Waals surface area contributed by atoms with Crippen LogP contribution in [0.1, 0.15) is 19.4 Å². The fourth-order valence-corrected chi connectivity index (χ4v) is 2.86. The SMILES string of the molecule is CCOc1ccc(NC(=S)N/N=C(\C)c2ccc(-c3ccccc3)cc2)cc1. The number of hydrogen-bond acceptors (Lipinski definition) is 3. The Kier molecular flexibility index (Phi) is 6.76. The molecule has 142 valence electrons. The molecule has 0 aliphatic heterocycles. The number of thiocarbonyl (C=S) groups is 1. The molecule has 4 nitrogen and oxygen atoms in total. The van der Waals surface area contributed by atoms with Gasteiger partial charge in [-0.05, 0) is 67.0 Å². The van der Waals surface area contributed by atoms with Crippen LogP contribution in [0.4, 0.5) is 5.69 Å². The van der Waals surface area contributed by atoms with Gasteiger partial charge >= 0.3 is 0 Å². The van der Waals surface area contributed by atoms with Gasteiger partial charge in [0.15, 0.2) is 5.11 Å². The molecular formula is C23H23N3OS. The lowest BCUT2D eigenvalue weighted by Gasteiger charge is -2.09. The number of ether oxygens (including phenoxy) is 1. The predicted molar refractivity (Wildman–Crippen MR) is 121 cm³/mol. The molecule has 0 saturated carbocycles. The summed E-state index contributed by atoms with van der Waals surface area (Å²) in [5.74, 6) is 0.833. The summed E-state index contributed by atoms with van der Waals surface area (Å²) in [6, 6.07) is 26.2. The molecule has 3 aromatic carbocycles. The van der Waals surface area contributed by atoms with Crippen molar-refractivity contribution in [2.24, 2.45) is 5.10 Å². The van der Waals surface area contributed by atoms with E-state index >= 15 is 0 Å². The van der Waals surface area contributed by atoms with Gasteiger partial charge in [0.1, 0.15) is 5.75 Å². The molecule has 0 bridgehead atoms. The molecule has 0 aromatic heterocycles. The van der Waals surface area contributed by atoms with Crippen LogP contribution < -0.4 is 15.5 Å². The Labute approximate surface area is 171 Å². The molecule has 0 radical (unpaired) electrons. The highest BCUT2D eigenvalue weighted by Crippen LogP contribution is 2.19. The lowest BCUT2D eigenvalue weighted by molar-refractivity contribution is 0.340. The van der Waals surface area contributed by atoms with Crippen LogP contribution in [0.15, 0.2) is 84.0 Å². The van der Waals surface area contributed by atoms with E-state index in [9.17, 15) is 0 Å². The van der Waals surface area contributed by atoms with Crippen LogP contribution in [0.3, 0.4) is 0 Å². The van der Waals surface area contributed by atoms with Crippen LogP contribution in [-0.4, -0.2) is 17.4 Å². The second kappa shape index (κ2) is 9.67. The van der Waals surface area contributed by atoms with Gasteiger partial charge in [-0.25, -0.2) is 0 Å². The summed E-state index contributed by atoms with van der Waals surface area (Å²) < 4.78 is 5.43. The first-order valence-corrected chi connectivity index (χ1v) is 9.56. The summed E-state index contributed by atoms with van der Waals surface area (Å²) in [7, 11) is 0. The molecule has 3 aromatic rings. The smallest absolute Gasteiger partial charge is 0.191 e. The van der Waals surface area contributed by atoms with Gasteiger partial charge in [-0.1, -0.05) is 54.6 Å². The van der Waals surface area contributed by atoms with Gasteiger partial charge in [-0.3, -0.25) is 5.43 Å². The monoisotopic (exact) mass is 389 g/mol. The van der Waals surface area contributed by atoms with Crippen LogP contribution in [0.5, 0.6) is 5.75 Å². The maximum atomic E-state index is 5.43. The fourth-order valence-electron chi connectivity index (χ4n) is 2.69. The molecule has 0 saturated heterocycles. The summed E-state index contributed by atoms with van der Waals surface area (Å²) in [4.78, 5) is 0. The van der Waals surface area contributed by atoms with Crippen molar-refractivity contribution >= 4 is 28.7 Å².